The Labute approximate surface area is 178 Å². The summed E-state index contributed by atoms with van der Waals surface area (Å²) in [7, 11) is -2.44. The van der Waals surface area contributed by atoms with Crippen LogP contribution in [0.4, 0.5) is 17.1 Å². The molecule has 0 aliphatic heterocycles. The van der Waals surface area contributed by atoms with Crippen LogP contribution >= 0.6 is 0 Å². The highest BCUT2D eigenvalue weighted by atomic mass is 32.2. The molecule has 3 aromatic rings. The maximum atomic E-state index is 12.6. The number of nitrogens with zero attached hydrogens (tertiary/aromatic N) is 1. The molecule has 0 fully saturated rings. The minimum atomic E-state index is -3.88. The van der Waals surface area contributed by atoms with Crippen molar-refractivity contribution in [3.8, 4) is 5.75 Å². The Balaban J connectivity index is 1.76. The van der Waals surface area contributed by atoms with Crippen LogP contribution in [0.5, 0.6) is 5.75 Å². The first kappa shape index (κ1) is 21.8. The summed E-state index contributed by atoms with van der Waals surface area (Å²) in [6, 6.07) is 16.3. The maximum absolute atomic E-state index is 12.6. The Kier molecular flexibility index (Phi) is 6.21. The van der Waals surface area contributed by atoms with Gasteiger partial charge in [-0.1, -0.05) is 18.2 Å². The lowest BCUT2D eigenvalue weighted by Gasteiger charge is -2.12. The van der Waals surface area contributed by atoms with Crippen molar-refractivity contribution in [3.05, 3.63) is 88.0 Å². The van der Waals surface area contributed by atoms with E-state index in [1.54, 1.807) is 31.2 Å². The van der Waals surface area contributed by atoms with Gasteiger partial charge in [-0.15, -0.1) is 0 Å². The van der Waals surface area contributed by atoms with Gasteiger partial charge in [0.1, 0.15) is 5.75 Å². The summed E-state index contributed by atoms with van der Waals surface area (Å²) < 4.78 is 32.9. The van der Waals surface area contributed by atoms with Crippen LogP contribution in [0.1, 0.15) is 15.9 Å². The van der Waals surface area contributed by atoms with Crippen molar-refractivity contribution < 1.29 is 22.9 Å². The summed E-state index contributed by atoms with van der Waals surface area (Å²) in [6.07, 6.45) is 0. The standard InChI is InChI=1S/C21H19N3O6S/c1-14-7-8-15(13-19(14)24(26)27)21(25)22-16-9-11-17(12-10-16)31(28,29)23-18-5-3-4-6-20(18)30-2/h3-13,23H,1-2H3,(H,22,25). The monoisotopic (exact) mass is 441 g/mol. The fourth-order valence-electron chi connectivity index (χ4n) is 2.80. The molecule has 1 amide bonds. The van der Waals surface area contributed by atoms with Crippen LogP contribution in [-0.4, -0.2) is 26.4 Å². The molecule has 0 saturated carbocycles. The van der Waals surface area contributed by atoms with Crippen LogP contribution in [0.2, 0.25) is 0 Å². The molecule has 0 aliphatic carbocycles. The minimum Gasteiger partial charge on any atom is -0.495 e. The van der Waals surface area contributed by atoms with E-state index in [1.807, 2.05) is 0 Å². The molecular weight excluding hydrogens is 422 g/mol. The zero-order chi connectivity index (χ0) is 22.6. The van der Waals surface area contributed by atoms with Gasteiger partial charge in [0.2, 0.25) is 0 Å². The number of ether oxygens (including phenoxy) is 1. The van der Waals surface area contributed by atoms with Gasteiger partial charge >= 0.3 is 0 Å². The summed E-state index contributed by atoms with van der Waals surface area (Å²) >= 11 is 0. The van der Waals surface area contributed by atoms with Crippen LogP contribution in [0.25, 0.3) is 0 Å². The molecule has 0 heterocycles. The second-order valence-electron chi connectivity index (χ2n) is 6.54. The normalized spacial score (nSPS) is 10.9. The van der Waals surface area contributed by atoms with Crippen LogP contribution in [0.15, 0.2) is 71.6 Å². The van der Waals surface area contributed by atoms with Gasteiger partial charge in [-0.25, -0.2) is 8.42 Å². The van der Waals surface area contributed by atoms with Gasteiger partial charge in [-0.2, -0.15) is 0 Å². The average molecular weight is 441 g/mol. The number of benzene rings is 3. The van der Waals surface area contributed by atoms with Gasteiger partial charge in [0.15, 0.2) is 0 Å². The quantitative estimate of drug-likeness (QED) is 0.422. The molecule has 0 radical (unpaired) electrons. The molecule has 0 spiro atoms. The van der Waals surface area contributed by atoms with E-state index in [0.717, 1.165) is 0 Å². The maximum Gasteiger partial charge on any atom is 0.273 e. The lowest BCUT2D eigenvalue weighted by molar-refractivity contribution is -0.385. The summed E-state index contributed by atoms with van der Waals surface area (Å²) in [4.78, 5) is 22.9. The first-order valence-electron chi connectivity index (χ1n) is 9.03. The molecule has 0 unspecified atom stereocenters. The molecule has 0 aliphatic rings. The number of methoxy groups -OCH3 is 1. The van der Waals surface area contributed by atoms with Crippen molar-refractivity contribution in [3.63, 3.8) is 0 Å². The number of amides is 1. The van der Waals surface area contributed by atoms with E-state index < -0.39 is 20.9 Å². The number of nitro groups is 1. The second kappa shape index (κ2) is 8.84. The number of anilines is 2. The average Bonchev–Trinajstić information content (AvgIpc) is 2.74. The molecule has 160 valence electrons. The zero-order valence-electron chi connectivity index (χ0n) is 16.7. The number of sulfonamides is 1. The van der Waals surface area contributed by atoms with Crippen LogP contribution in [0, 0.1) is 17.0 Å². The molecule has 0 atom stereocenters. The van der Waals surface area contributed by atoms with E-state index in [9.17, 15) is 23.3 Å². The predicted molar refractivity (Wildman–Crippen MR) is 116 cm³/mol. The van der Waals surface area contributed by atoms with Crippen molar-refractivity contribution in [1.82, 2.24) is 0 Å². The van der Waals surface area contributed by atoms with E-state index in [2.05, 4.69) is 10.0 Å². The van der Waals surface area contributed by atoms with Crippen LogP contribution < -0.4 is 14.8 Å². The fraction of sp³-hybridized carbons (Fsp3) is 0.0952. The molecule has 10 heteroatoms. The number of carbonyl (C=O) groups excluding carboxylic acids is 1. The number of hydrogen-bond donors (Lipinski definition) is 2. The molecule has 0 aromatic heterocycles. The number of aryl methyl sites for hydroxylation is 1. The summed E-state index contributed by atoms with van der Waals surface area (Å²) in [5.74, 6) is -0.173. The van der Waals surface area contributed by atoms with Crippen molar-refractivity contribution in [2.24, 2.45) is 0 Å². The van der Waals surface area contributed by atoms with E-state index in [1.165, 1.54) is 49.6 Å². The van der Waals surface area contributed by atoms with Crippen molar-refractivity contribution in [2.75, 3.05) is 17.1 Å². The number of nitro benzene ring substituents is 1. The molecule has 2 N–H and O–H groups in total. The molecule has 0 bridgehead atoms. The summed E-state index contributed by atoms with van der Waals surface area (Å²) in [6.45, 7) is 1.58. The van der Waals surface area contributed by atoms with E-state index in [4.69, 9.17) is 4.74 Å². The van der Waals surface area contributed by atoms with Gasteiger partial charge in [0.05, 0.1) is 22.6 Å². The Hall–Kier alpha value is -3.92. The van der Waals surface area contributed by atoms with E-state index >= 15 is 0 Å². The highest BCUT2D eigenvalue weighted by molar-refractivity contribution is 7.92. The van der Waals surface area contributed by atoms with Crippen LogP contribution in [0.3, 0.4) is 0 Å². The number of para-hydroxylation sites is 2. The fourth-order valence-corrected chi connectivity index (χ4v) is 3.87. The third-order valence-corrected chi connectivity index (χ3v) is 5.82. The molecule has 9 nitrogen and oxygen atoms in total. The molecule has 0 saturated heterocycles. The molecular formula is C21H19N3O6S. The number of hydrogen-bond acceptors (Lipinski definition) is 6. The van der Waals surface area contributed by atoms with E-state index in [0.29, 0.717) is 22.7 Å². The smallest absolute Gasteiger partial charge is 0.273 e. The second-order valence-corrected chi connectivity index (χ2v) is 8.23. The minimum absolute atomic E-state index is 0.0117. The SMILES string of the molecule is COc1ccccc1NS(=O)(=O)c1ccc(NC(=O)c2ccc(C)c([N+](=O)[O-])c2)cc1. The Bertz CT molecular complexity index is 1240. The summed E-state index contributed by atoms with van der Waals surface area (Å²) in [5.41, 5.74) is 1.04. The zero-order valence-corrected chi connectivity index (χ0v) is 17.5. The topological polar surface area (TPSA) is 128 Å². The predicted octanol–water partition coefficient (Wildman–Crippen LogP) is 3.96. The Morgan fingerprint density at radius 2 is 1.71 bits per heavy atom. The Morgan fingerprint density at radius 3 is 2.35 bits per heavy atom. The lowest BCUT2D eigenvalue weighted by Crippen LogP contribution is -2.15. The first-order valence-corrected chi connectivity index (χ1v) is 10.5. The van der Waals surface area contributed by atoms with Crippen molar-refractivity contribution in [2.45, 2.75) is 11.8 Å². The third-order valence-electron chi connectivity index (χ3n) is 4.44. The van der Waals surface area contributed by atoms with Gasteiger partial charge in [0.25, 0.3) is 21.6 Å². The molecule has 31 heavy (non-hydrogen) atoms. The number of rotatable bonds is 7. The van der Waals surface area contributed by atoms with Crippen LogP contribution in [-0.2, 0) is 10.0 Å². The first-order chi connectivity index (χ1) is 14.7. The lowest BCUT2D eigenvalue weighted by atomic mass is 10.1. The summed E-state index contributed by atoms with van der Waals surface area (Å²) in [5, 5.41) is 13.7. The number of nitrogens with one attached hydrogen (secondary N) is 2. The van der Waals surface area contributed by atoms with Gasteiger partial charge in [-0.3, -0.25) is 19.6 Å². The van der Waals surface area contributed by atoms with Gasteiger partial charge < -0.3 is 10.1 Å². The highest BCUT2D eigenvalue weighted by Crippen LogP contribution is 2.26. The van der Waals surface area contributed by atoms with Gasteiger partial charge in [-0.05, 0) is 49.4 Å². The Morgan fingerprint density at radius 1 is 1.03 bits per heavy atom. The highest BCUT2D eigenvalue weighted by Gasteiger charge is 2.18. The van der Waals surface area contributed by atoms with Crippen molar-refractivity contribution in [1.29, 1.82) is 0 Å². The van der Waals surface area contributed by atoms with Crippen molar-refractivity contribution >= 4 is 33.0 Å². The largest absolute Gasteiger partial charge is 0.495 e. The number of carbonyl (C=O) groups is 1. The molecule has 3 aromatic carbocycles. The van der Waals surface area contributed by atoms with Gasteiger partial charge in [0, 0.05) is 22.9 Å². The molecule has 3 rings (SSSR count). The van der Waals surface area contributed by atoms with E-state index in [-0.39, 0.29) is 16.1 Å². The third kappa shape index (κ3) is 4.98.